The Bertz CT molecular complexity index is 1470. The minimum atomic E-state index is -4.65. The molecule has 4 rings (SSSR count). The van der Waals surface area contributed by atoms with Crippen molar-refractivity contribution in [3.63, 3.8) is 0 Å². The Balaban J connectivity index is 1.66. The molecule has 184 valence electrons. The number of nitrogens with one attached hydrogen (secondary N) is 2. The van der Waals surface area contributed by atoms with Crippen LogP contribution in [0.2, 0.25) is 10.0 Å². The lowest BCUT2D eigenvalue weighted by atomic mass is 10.1. The number of ether oxygens (including phenoxy) is 1. The van der Waals surface area contributed by atoms with Crippen LogP contribution in [0.3, 0.4) is 0 Å². The molecule has 1 amide bonds. The molecule has 0 aliphatic carbocycles. The molecule has 0 saturated carbocycles. The first kappa shape index (κ1) is 24.8. The van der Waals surface area contributed by atoms with Crippen molar-refractivity contribution in [1.82, 2.24) is 25.6 Å². The fraction of sp³-hybridized carbons (Fsp3) is 0.0500. The number of H-pyrrole nitrogens is 1. The first-order chi connectivity index (χ1) is 17.0. The fourth-order valence-corrected chi connectivity index (χ4v) is 3.31. The summed E-state index contributed by atoms with van der Waals surface area (Å²) >= 11 is 11.9. The largest absolute Gasteiger partial charge is 0.437 e. The maximum atomic E-state index is 12.9. The van der Waals surface area contributed by atoms with Crippen LogP contribution in [0.5, 0.6) is 11.6 Å². The minimum Gasteiger partial charge on any atom is -0.437 e. The number of pyridine rings is 1. The van der Waals surface area contributed by atoms with Gasteiger partial charge in [0.2, 0.25) is 11.7 Å². The van der Waals surface area contributed by atoms with Crippen LogP contribution < -0.4 is 10.1 Å². The van der Waals surface area contributed by atoms with Crippen LogP contribution in [0, 0.1) is 10.1 Å². The average molecular weight is 540 g/mol. The Morgan fingerprint density at radius 3 is 2.53 bits per heavy atom. The molecule has 0 saturated heterocycles. The number of nitro benzene ring substituents is 1. The van der Waals surface area contributed by atoms with Crippen molar-refractivity contribution in [3.8, 4) is 23.0 Å². The number of anilines is 1. The van der Waals surface area contributed by atoms with Crippen LogP contribution in [0.4, 0.5) is 24.5 Å². The van der Waals surface area contributed by atoms with Crippen molar-refractivity contribution < 1.29 is 27.6 Å². The predicted octanol–water partition coefficient (Wildman–Crippen LogP) is 5.54. The summed E-state index contributed by atoms with van der Waals surface area (Å²) in [5, 5.41) is 26.5. The number of carbonyl (C=O) groups is 1. The van der Waals surface area contributed by atoms with E-state index < -0.39 is 27.6 Å². The van der Waals surface area contributed by atoms with Gasteiger partial charge < -0.3 is 10.1 Å². The number of non-ortho nitro benzene ring substituents is 1. The summed E-state index contributed by atoms with van der Waals surface area (Å²) in [5.74, 6) is -1.03. The van der Waals surface area contributed by atoms with Crippen molar-refractivity contribution in [2.24, 2.45) is 0 Å². The number of halogens is 5. The van der Waals surface area contributed by atoms with Crippen LogP contribution >= 0.6 is 23.2 Å². The van der Waals surface area contributed by atoms with E-state index in [2.05, 4.69) is 30.9 Å². The highest BCUT2D eigenvalue weighted by Crippen LogP contribution is 2.38. The predicted molar refractivity (Wildman–Crippen MR) is 120 cm³/mol. The quantitative estimate of drug-likeness (QED) is 0.239. The number of carbonyl (C=O) groups excluding carboxylic acids is 1. The van der Waals surface area contributed by atoms with E-state index in [4.69, 9.17) is 27.9 Å². The number of rotatable bonds is 6. The first-order valence-electron chi connectivity index (χ1n) is 9.56. The second-order valence-electron chi connectivity index (χ2n) is 6.93. The molecule has 2 aromatic carbocycles. The van der Waals surface area contributed by atoms with E-state index in [0.29, 0.717) is 12.3 Å². The molecule has 2 heterocycles. The maximum absolute atomic E-state index is 12.9. The van der Waals surface area contributed by atoms with Crippen molar-refractivity contribution in [2.45, 2.75) is 6.18 Å². The molecule has 0 spiro atoms. The number of amides is 1. The topological polar surface area (TPSA) is 149 Å². The van der Waals surface area contributed by atoms with Crippen LogP contribution in [-0.2, 0) is 6.18 Å². The smallest absolute Gasteiger partial charge is 0.417 e. The van der Waals surface area contributed by atoms with Crippen LogP contribution in [0.1, 0.15) is 15.9 Å². The van der Waals surface area contributed by atoms with Gasteiger partial charge in [0.1, 0.15) is 10.8 Å². The van der Waals surface area contributed by atoms with Gasteiger partial charge in [-0.15, -0.1) is 10.2 Å². The van der Waals surface area contributed by atoms with E-state index in [1.54, 1.807) is 0 Å². The normalized spacial score (nSPS) is 11.2. The molecule has 0 fully saturated rings. The van der Waals surface area contributed by atoms with E-state index in [9.17, 15) is 28.1 Å². The fourth-order valence-electron chi connectivity index (χ4n) is 2.91. The summed E-state index contributed by atoms with van der Waals surface area (Å²) in [7, 11) is 0. The summed E-state index contributed by atoms with van der Waals surface area (Å²) in [4.78, 5) is 26.7. The number of hydrogen-bond donors (Lipinski definition) is 2. The number of aromatic nitrogens is 5. The standard InChI is InChI=1S/C20H10Cl2F3N7O4/c21-14-3-2-11(32(34)35)7-12(14)18(33)27-10-1-4-16(13(6-10)17-28-30-31-29-17)36-19-15(22)5-9(8-26-19)20(23,24)25/h1-8H,(H,27,33)(H,28,29,30,31). The van der Waals surface area contributed by atoms with Gasteiger partial charge in [-0.2, -0.15) is 18.4 Å². The number of aromatic amines is 1. The number of nitrogens with zero attached hydrogens (tertiary/aromatic N) is 5. The van der Waals surface area contributed by atoms with Crippen molar-refractivity contribution in [2.75, 3.05) is 5.32 Å². The van der Waals surface area contributed by atoms with Crippen molar-refractivity contribution in [1.29, 1.82) is 0 Å². The third-order valence-electron chi connectivity index (χ3n) is 4.57. The second kappa shape index (κ2) is 9.75. The summed E-state index contributed by atoms with van der Waals surface area (Å²) < 4.78 is 44.3. The van der Waals surface area contributed by atoms with Gasteiger partial charge in [0, 0.05) is 24.0 Å². The highest BCUT2D eigenvalue weighted by Gasteiger charge is 2.32. The van der Waals surface area contributed by atoms with Gasteiger partial charge in [-0.3, -0.25) is 14.9 Å². The number of alkyl halides is 3. The number of hydrogen-bond acceptors (Lipinski definition) is 8. The molecule has 0 radical (unpaired) electrons. The SMILES string of the molecule is O=C(Nc1ccc(Oc2ncc(C(F)(F)F)cc2Cl)c(-c2nn[nH]n2)c1)c1cc([N+](=O)[O-])ccc1Cl. The summed E-state index contributed by atoms with van der Waals surface area (Å²) in [6.07, 6.45) is -4.08. The molecule has 0 bridgehead atoms. The molecule has 0 atom stereocenters. The van der Waals surface area contributed by atoms with E-state index in [0.717, 1.165) is 12.1 Å². The number of tetrazole rings is 1. The Kier molecular flexibility index (Phi) is 6.72. The van der Waals surface area contributed by atoms with E-state index in [1.165, 1.54) is 24.3 Å². The lowest BCUT2D eigenvalue weighted by molar-refractivity contribution is -0.384. The van der Waals surface area contributed by atoms with Crippen LogP contribution in [-0.4, -0.2) is 36.4 Å². The van der Waals surface area contributed by atoms with Crippen LogP contribution in [0.15, 0.2) is 48.7 Å². The van der Waals surface area contributed by atoms with Crippen LogP contribution in [0.25, 0.3) is 11.4 Å². The lowest BCUT2D eigenvalue weighted by Gasteiger charge is -2.13. The number of benzene rings is 2. The van der Waals surface area contributed by atoms with E-state index in [1.807, 2.05) is 0 Å². The lowest BCUT2D eigenvalue weighted by Crippen LogP contribution is -2.13. The molecule has 2 aromatic heterocycles. The summed E-state index contributed by atoms with van der Waals surface area (Å²) in [5.41, 5.74) is -1.20. The molecule has 11 nitrogen and oxygen atoms in total. The highest BCUT2D eigenvalue weighted by molar-refractivity contribution is 6.34. The Morgan fingerprint density at radius 1 is 1.11 bits per heavy atom. The maximum Gasteiger partial charge on any atom is 0.417 e. The average Bonchev–Trinajstić information content (AvgIpc) is 3.35. The zero-order valence-electron chi connectivity index (χ0n) is 17.4. The molecule has 0 unspecified atom stereocenters. The molecule has 2 N–H and O–H groups in total. The van der Waals surface area contributed by atoms with Gasteiger partial charge in [-0.25, -0.2) is 4.98 Å². The summed E-state index contributed by atoms with van der Waals surface area (Å²) in [6, 6.07) is 8.17. The summed E-state index contributed by atoms with van der Waals surface area (Å²) in [6.45, 7) is 0. The molecular formula is C20H10Cl2F3N7O4. The third kappa shape index (κ3) is 5.34. The number of nitro groups is 1. The zero-order chi connectivity index (χ0) is 26.0. The van der Waals surface area contributed by atoms with Crippen molar-refractivity contribution >= 4 is 40.5 Å². The van der Waals surface area contributed by atoms with Gasteiger partial charge in [-0.1, -0.05) is 23.2 Å². The second-order valence-corrected chi connectivity index (χ2v) is 7.75. The Labute approximate surface area is 208 Å². The Hall–Kier alpha value is -4.30. The van der Waals surface area contributed by atoms with Gasteiger partial charge in [0.15, 0.2) is 0 Å². The van der Waals surface area contributed by atoms with Gasteiger partial charge in [0.25, 0.3) is 11.6 Å². The van der Waals surface area contributed by atoms with E-state index in [-0.39, 0.29) is 45.0 Å². The molecular weight excluding hydrogens is 530 g/mol. The van der Waals surface area contributed by atoms with Gasteiger partial charge in [0.05, 0.1) is 26.6 Å². The molecule has 16 heteroatoms. The molecule has 4 aromatic rings. The highest BCUT2D eigenvalue weighted by atomic mass is 35.5. The Morgan fingerprint density at radius 2 is 1.89 bits per heavy atom. The zero-order valence-corrected chi connectivity index (χ0v) is 18.9. The molecule has 0 aliphatic heterocycles. The minimum absolute atomic E-state index is 0.0116. The van der Waals surface area contributed by atoms with Gasteiger partial charge in [-0.05, 0) is 35.5 Å². The molecule has 0 aliphatic rings. The monoisotopic (exact) mass is 539 g/mol. The first-order valence-corrected chi connectivity index (χ1v) is 10.3. The molecule has 36 heavy (non-hydrogen) atoms. The van der Waals surface area contributed by atoms with E-state index >= 15 is 0 Å². The van der Waals surface area contributed by atoms with Crippen molar-refractivity contribution in [3.05, 3.63) is 79.9 Å². The third-order valence-corrected chi connectivity index (χ3v) is 5.17. The van der Waals surface area contributed by atoms with Gasteiger partial charge >= 0.3 is 6.18 Å².